The minimum atomic E-state index is -0.545. The number of rotatable bonds is 8. The van der Waals surface area contributed by atoms with E-state index in [0.29, 0.717) is 51.1 Å². The summed E-state index contributed by atoms with van der Waals surface area (Å²) < 4.78 is 13.7. The molecule has 0 aliphatic carbocycles. The highest BCUT2D eigenvalue weighted by molar-refractivity contribution is 6.35. The van der Waals surface area contributed by atoms with Gasteiger partial charge in [0.1, 0.15) is 19.0 Å². The Morgan fingerprint density at radius 1 is 1.05 bits per heavy atom. The highest BCUT2D eigenvalue weighted by Gasteiger charge is 2.34. The van der Waals surface area contributed by atoms with Crippen LogP contribution in [-0.2, 0) is 11.4 Å². The molecule has 1 amide bonds. The number of hydrogen-bond acceptors (Lipinski definition) is 6. The molecule has 5 rings (SSSR count). The molecule has 0 bridgehead atoms. The topological polar surface area (TPSA) is 90.3 Å². The number of benzene rings is 3. The van der Waals surface area contributed by atoms with E-state index in [9.17, 15) is 4.79 Å². The van der Waals surface area contributed by atoms with Crippen molar-refractivity contribution in [2.24, 2.45) is 0 Å². The average Bonchev–Trinajstić information content (AvgIpc) is 3.36. The molecule has 38 heavy (non-hydrogen) atoms. The van der Waals surface area contributed by atoms with Crippen molar-refractivity contribution in [1.29, 1.82) is 0 Å². The van der Waals surface area contributed by atoms with Crippen molar-refractivity contribution >= 4 is 40.7 Å². The van der Waals surface area contributed by atoms with Crippen molar-refractivity contribution < 1.29 is 14.3 Å². The van der Waals surface area contributed by atoms with Gasteiger partial charge in [-0.2, -0.15) is 10.1 Å². The number of nitrogens with one attached hydrogen (secondary N) is 2. The summed E-state index contributed by atoms with van der Waals surface area (Å²) in [5, 5.41) is 11.7. The summed E-state index contributed by atoms with van der Waals surface area (Å²) in [5.74, 6) is 1.38. The van der Waals surface area contributed by atoms with E-state index in [4.69, 9.17) is 32.7 Å². The largest absolute Gasteiger partial charge is 0.490 e. The summed E-state index contributed by atoms with van der Waals surface area (Å²) >= 11 is 12.3. The first-order valence-electron chi connectivity index (χ1n) is 12.0. The fraction of sp³-hybridized carbons (Fsp3) is 0.179. The number of fused-ring (bicyclic) bond motifs is 1. The number of nitrogens with zero attached hydrogens (tertiary/aromatic N) is 3. The van der Waals surface area contributed by atoms with Crippen molar-refractivity contribution in [3.63, 3.8) is 0 Å². The van der Waals surface area contributed by atoms with Crippen LogP contribution in [0.2, 0.25) is 10.0 Å². The van der Waals surface area contributed by atoms with E-state index in [2.05, 4.69) is 20.7 Å². The van der Waals surface area contributed by atoms with Crippen molar-refractivity contribution in [1.82, 2.24) is 14.8 Å². The third-order valence-electron chi connectivity index (χ3n) is 6.05. The summed E-state index contributed by atoms with van der Waals surface area (Å²) in [6, 6.07) is 19.6. The van der Waals surface area contributed by atoms with E-state index in [1.807, 2.05) is 68.4 Å². The number of hydrogen-bond donors (Lipinski definition) is 2. The smallest absolute Gasteiger partial charge is 0.255 e. The van der Waals surface area contributed by atoms with Crippen molar-refractivity contribution in [3.05, 3.63) is 105 Å². The Labute approximate surface area is 230 Å². The van der Waals surface area contributed by atoms with E-state index in [1.54, 1.807) is 16.8 Å². The van der Waals surface area contributed by atoms with Crippen LogP contribution in [0.25, 0.3) is 0 Å². The normalized spacial score (nSPS) is 14.5. The first-order chi connectivity index (χ1) is 18.4. The van der Waals surface area contributed by atoms with Gasteiger partial charge in [0.2, 0.25) is 5.95 Å². The predicted molar refractivity (Wildman–Crippen MR) is 148 cm³/mol. The van der Waals surface area contributed by atoms with Gasteiger partial charge in [0.15, 0.2) is 11.5 Å². The number of halogens is 2. The summed E-state index contributed by atoms with van der Waals surface area (Å²) in [7, 11) is 0. The molecule has 1 aliphatic heterocycles. The zero-order chi connectivity index (χ0) is 26.6. The van der Waals surface area contributed by atoms with Crippen LogP contribution < -0.4 is 20.1 Å². The number of carbonyl (C=O) groups is 1. The van der Waals surface area contributed by atoms with Crippen LogP contribution in [0.4, 0.5) is 11.6 Å². The molecule has 1 aliphatic rings. The summed E-state index contributed by atoms with van der Waals surface area (Å²) in [6.45, 7) is 4.41. The number of amides is 1. The predicted octanol–water partition coefficient (Wildman–Crippen LogP) is 6.49. The minimum Gasteiger partial charge on any atom is -0.490 e. The van der Waals surface area contributed by atoms with E-state index in [1.165, 1.54) is 6.33 Å². The second kappa shape index (κ2) is 11.2. The molecule has 1 atom stereocenters. The van der Waals surface area contributed by atoms with E-state index in [0.717, 1.165) is 11.1 Å². The molecule has 194 valence electrons. The quantitative estimate of drug-likeness (QED) is 0.261. The van der Waals surface area contributed by atoms with E-state index >= 15 is 0 Å². The van der Waals surface area contributed by atoms with Crippen LogP contribution in [-0.4, -0.2) is 27.3 Å². The van der Waals surface area contributed by atoms with E-state index in [-0.39, 0.29) is 12.5 Å². The van der Waals surface area contributed by atoms with Crippen LogP contribution in [0.5, 0.6) is 11.5 Å². The highest BCUT2D eigenvalue weighted by Crippen LogP contribution is 2.39. The fourth-order valence-electron chi connectivity index (χ4n) is 4.29. The Hall–Kier alpha value is -4.01. The van der Waals surface area contributed by atoms with Crippen molar-refractivity contribution in [3.8, 4) is 11.5 Å². The lowest BCUT2D eigenvalue weighted by Gasteiger charge is -2.29. The van der Waals surface area contributed by atoms with Crippen LogP contribution in [0, 0.1) is 0 Å². The standard InChI is InChI=1S/C28H25Cl2N5O3/c1-3-37-24-13-18(10-12-23(24)38-15-19-9-11-20(29)14-22(19)30)26-25(17(2)33-28-31-16-32-35(26)28)27(36)34-21-7-5-4-6-8-21/h4-14,16,26H,3,15H2,1-2H3,(H,34,36)(H,31,32,33)/t26-/m0/s1. The Morgan fingerprint density at radius 2 is 1.87 bits per heavy atom. The lowest BCUT2D eigenvalue weighted by Crippen LogP contribution is -2.31. The Morgan fingerprint density at radius 3 is 2.63 bits per heavy atom. The van der Waals surface area contributed by atoms with Crippen molar-refractivity contribution in [2.45, 2.75) is 26.5 Å². The van der Waals surface area contributed by atoms with Gasteiger partial charge in [0.25, 0.3) is 5.91 Å². The highest BCUT2D eigenvalue weighted by atomic mass is 35.5. The van der Waals surface area contributed by atoms with Crippen molar-refractivity contribution in [2.75, 3.05) is 17.2 Å². The second-order valence-electron chi connectivity index (χ2n) is 8.58. The molecule has 3 aromatic carbocycles. The van der Waals surface area contributed by atoms with Gasteiger partial charge < -0.3 is 20.1 Å². The molecule has 8 nitrogen and oxygen atoms in total. The summed E-state index contributed by atoms with van der Waals surface area (Å²) in [5.41, 5.74) is 3.47. The maximum atomic E-state index is 13.5. The monoisotopic (exact) mass is 549 g/mol. The molecule has 1 aromatic heterocycles. The van der Waals surface area contributed by atoms with E-state index < -0.39 is 6.04 Å². The summed E-state index contributed by atoms with van der Waals surface area (Å²) in [6.07, 6.45) is 1.46. The van der Waals surface area contributed by atoms with Gasteiger partial charge >= 0.3 is 0 Å². The maximum absolute atomic E-state index is 13.5. The van der Waals surface area contributed by atoms with Gasteiger partial charge in [-0.15, -0.1) is 0 Å². The fourth-order valence-corrected chi connectivity index (χ4v) is 4.75. The number of ether oxygens (including phenoxy) is 2. The Bertz CT molecular complexity index is 1500. The number of carbonyl (C=O) groups excluding carboxylic acids is 1. The molecule has 0 radical (unpaired) electrons. The first-order valence-corrected chi connectivity index (χ1v) is 12.8. The zero-order valence-corrected chi connectivity index (χ0v) is 22.3. The van der Waals surface area contributed by atoms with Crippen LogP contribution >= 0.6 is 23.2 Å². The summed E-state index contributed by atoms with van der Waals surface area (Å²) in [4.78, 5) is 17.8. The number of aromatic nitrogens is 3. The van der Waals surface area contributed by atoms with Crippen LogP contribution in [0.1, 0.15) is 31.0 Å². The number of allylic oxidation sites excluding steroid dienone is 1. The molecule has 2 N–H and O–H groups in total. The Balaban J connectivity index is 1.49. The van der Waals surface area contributed by atoms with Crippen LogP contribution in [0.3, 0.4) is 0 Å². The molecule has 0 saturated heterocycles. The SMILES string of the molecule is CCOc1cc([C@H]2C(C(=O)Nc3ccccc3)=C(C)Nc3ncnn32)ccc1OCc1ccc(Cl)cc1Cl. The molecular formula is C28H25Cl2N5O3. The maximum Gasteiger partial charge on any atom is 0.255 e. The van der Waals surface area contributed by atoms with Gasteiger partial charge in [0, 0.05) is 27.0 Å². The second-order valence-corrected chi connectivity index (χ2v) is 9.42. The minimum absolute atomic E-state index is 0.236. The molecule has 0 spiro atoms. The lowest BCUT2D eigenvalue weighted by atomic mass is 9.94. The zero-order valence-electron chi connectivity index (χ0n) is 20.7. The third-order valence-corrected chi connectivity index (χ3v) is 6.64. The molecule has 4 aromatic rings. The van der Waals surface area contributed by atoms with Gasteiger partial charge in [0.05, 0.1) is 12.2 Å². The van der Waals surface area contributed by atoms with Gasteiger partial charge in [-0.25, -0.2) is 4.68 Å². The number of para-hydroxylation sites is 1. The molecular weight excluding hydrogens is 525 g/mol. The first kappa shape index (κ1) is 25.6. The van der Waals surface area contributed by atoms with Gasteiger partial charge in [-0.3, -0.25) is 4.79 Å². The molecule has 0 unspecified atom stereocenters. The van der Waals surface area contributed by atoms with Gasteiger partial charge in [-0.05, 0) is 55.8 Å². The molecule has 0 fully saturated rings. The molecule has 10 heteroatoms. The molecule has 2 heterocycles. The lowest BCUT2D eigenvalue weighted by molar-refractivity contribution is -0.113. The van der Waals surface area contributed by atoms with Gasteiger partial charge in [-0.1, -0.05) is 53.5 Å². The Kier molecular flexibility index (Phi) is 7.53. The number of anilines is 2. The average molecular weight is 550 g/mol. The van der Waals surface area contributed by atoms with Crippen LogP contribution in [0.15, 0.2) is 84.3 Å². The third kappa shape index (κ3) is 5.32. The molecule has 0 saturated carbocycles.